The molecule has 0 radical (unpaired) electrons. The summed E-state index contributed by atoms with van der Waals surface area (Å²) < 4.78 is 11.9. The molecule has 1 aliphatic rings. The van der Waals surface area contributed by atoms with Crippen LogP contribution in [0.3, 0.4) is 0 Å². The third kappa shape index (κ3) is 4.98. The second-order valence-corrected chi connectivity index (χ2v) is 17.1. The number of furan rings is 1. The van der Waals surface area contributed by atoms with Gasteiger partial charge in [-0.2, -0.15) is 0 Å². The van der Waals surface area contributed by atoms with E-state index in [9.17, 15) is 0 Å². The van der Waals surface area contributed by atoms with Crippen molar-refractivity contribution in [1.29, 1.82) is 0 Å². The van der Waals surface area contributed by atoms with E-state index >= 15 is 0 Å². The van der Waals surface area contributed by atoms with Crippen LogP contribution in [0.4, 0.5) is 0 Å². The van der Waals surface area contributed by atoms with Crippen LogP contribution in [0.5, 0.6) is 0 Å². The number of hydrogen-bond donors (Lipinski definition) is 0. The van der Waals surface area contributed by atoms with Crippen LogP contribution in [0.15, 0.2) is 205 Å². The predicted molar refractivity (Wildman–Crippen MR) is 257 cm³/mol. The van der Waals surface area contributed by atoms with E-state index in [-0.39, 0.29) is 5.41 Å². The number of nitrogens with zero attached hydrogens (tertiary/aromatic N) is 3. The van der Waals surface area contributed by atoms with Crippen LogP contribution in [0.25, 0.3) is 111 Å². The van der Waals surface area contributed by atoms with Crippen molar-refractivity contribution in [3.05, 3.63) is 211 Å². The minimum atomic E-state index is -0.185. The Morgan fingerprint density at radius 1 is 0.435 bits per heavy atom. The smallest absolute Gasteiger partial charge is 0.146 e. The lowest BCUT2D eigenvalue weighted by Crippen LogP contribution is -2.16. The molecule has 3 aromatic heterocycles. The summed E-state index contributed by atoms with van der Waals surface area (Å²) in [7, 11) is 0. The summed E-state index contributed by atoms with van der Waals surface area (Å²) in [5.74, 6) is 0.866. The summed E-state index contributed by atoms with van der Waals surface area (Å²) in [6.07, 6.45) is 0. The van der Waals surface area contributed by atoms with Gasteiger partial charge in [0.25, 0.3) is 0 Å². The zero-order valence-electron chi connectivity index (χ0n) is 34.3. The maximum Gasteiger partial charge on any atom is 0.146 e. The summed E-state index contributed by atoms with van der Waals surface area (Å²) >= 11 is 0. The molecule has 4 heteroatoms. The van der Waals surface area contributed by atoms with Gasteiger partial charge in [-0.1, -0.05) is 153 Å². The summed E-state index contributed by atoms with van der Waals surface area (Å²) in [6, 6.07) is 72.0. The molecule has 9 aromatic carbocycles. The van der Waals surface area contributed by atoms with E-state index in [2.05, 4.69) is 223 Å². The first kappa shape index (κ1) is 34.9. The van der Waals surface area contributed by atoms with Gasteiger partial charge in [0.1, 0.15) is 17.0 Å². The minimum absolute atomic E-state index is 0.185. The minimum Gasteiger partial charge on any atom is -0.456 e. The Morgan fingerprint density at radius 3 is 1.95 bits per heavy atom. The Balaban J connectivity index is 1.08. The third-order valence-corrected chi connectivity index (χ3v) is 13.3. The molecule has 0 bridgehead atoms. The van der Waals surface area contributed by atoms with Gasteiger partial charge < -0.3 is 8.98 Å². The Kier molecular flexibility index (Phi) is 7.32. The molecule has 62 heavy (non-hydrogen) atoms. The van der Waals surface area contributed by atoms with Crippen LogP contribution in [-0.2, 0) is 5.41 Å². The molecular formula is C58H39N3O. The maximum absolute atomic E-state index is 7.07. The number of imidazole rings is 1. The van der Waals surface area contributed by atoms with Crippen molar-refractivity contribution in [2.45, 2.75) is 19.3 Å². The van der Waals surface area contributed by atoms with Crippen molar-refractivity contribution in [1.82, 2.24) is 14.1 Å². The molecule has 0 fully saturated rings. The van der Waals surface area contributed by atoms with Gasteiger partial charge in [0, 0.05) is 50.0 Å². The van der Waals surface area contributed by atoms with Crippen LogP contribution in [0.2, 0.25) is 0 Å². The van der Waals surface area contributed by atoms with Crippen molar-refractivity contribution in [3.63, 3.8) is 0 Å². The lowest BCUT2D eigenvalue weighted by molar-refractivity contribution is 0.663. The Hall–Kier alpha value is -7.95. The number of rotatable bonds is 5. The topological polar surface area (TPSA) is 35.9 Å². The molecule has 292 valence electrons. The molecule has 0 aliphatic heterocycles. The lowest BCUT2D eigenvalue weighted by Gasteiger charge is -2.23. The second kappa shape index (κ2) is 13.0. The van der Waals surface area contributed by atoms with E-state index in [1.165, 1.54) is 49.6 Å². The van der Waals surface area contributed by atoms with E-state index in [0.717, 1.165) is 72.4 Å². The molecule has 0 saturated carbocycles. The first-order chi connectivity index (χ1) is 30.5. The Bertz CT molecular complexity index is 3770. The van der Waals surface area contributed by atoms with Crippen LogP contribution >= 0.6 is 0 Å². The van der Waals surface area contributed by atoms with Crippen LogP contribution < -0.4 is 0 Å². The van der Waals surface area contributed by atoms with Gasteiger partial charge in [-0.25, -0.2) is 4.98 Å². The fourth-order valence-corrected chi connectivity index (χ4v) is 10.5. The van der Waals surface area contributed by atoms with Gasteiger partial charge >= 0.3 is 0 Å². The molecule has 0 spiro atoms. The number of benzene rings is 9. The molecule has 0 amide bonds. The predicted octanol–water partition coefficient (Wildman–Crippen LogP) is 15.3. The monoisotopic (exact) mass is 793 g/mol. The molecule has 0 N–H and O–H groups in total. The van der Waals surface area contributed by atoms with Crippen LogP contribution in [0.1, 0.15) is 25.0 Å². The Labute approximate surface area is 358 Å². The SMILES string of the molecule is CC1(C)c2ccccc2-c2ccc3c4ccccc4n(-c4ccc5c(c4)oc4cc(-c6ccccc6)cc(-c6nc7ccccc7n6-c6cccc(-c7ccccc7)c6)c45)c3c21. The van der Waals surface area contributed by atoms with E-state index in [1.807, 2.05) is 0 Å². The normalized spacial score (nSPS) is 13.1. The van der Waals surface area contributed by atoms with Crippen molar-refractivity contribution in [2.75, 3.05) is 0 Å². The number of aromatic nitrogens is 3. The van der Waals surface area contributed by atoms with Crippen molar-refractivity contribution in [3.8, 4) is 56.1 Å². The summed E-state index contributed by atoms with van der Waals surface area (Å²) in [5.41, 5.74) is 18.9. The first-order valence-electron chi connectivity index (χ1n) is 21.4. The number of fused-ring (bicyclic) bond motifs is 11. The molecule has 0 saturated heterocycles. The molecule has 1 aliphatic carbocycles. The maximum atomic E-state index is 7.07. The fourth-order valence-electron chi connectivity index (χ4n) is 10.5. The molecule has 13 rings (SSSR count). The highest BCUT2D eigenvalue weighted by atomic mass is 16.3. The Morgan fingerprint density at radius 2 is 1.11 bits per heavy atom. The second-order valence-electron chi connectivity index (χ2n) is 17.1. The summed E-state index contributed by atoms with van der Waals surface area (Å²) in [5, 5.41) is 4.59. The molecule has 3 heterocycles. The van der Waals surface area contributed by atoms with Gasteiger partial charge in [-0.05, 0) is 99.1 Å². The quantitative estimate of drug-likeness (QED) is 0.174. The third-order valence-electron chi connectivity index (χ3n) is 13.3. The number of para-hydroxylation sites is 3. The van der Waals surface area contributed by atoms with Gasteiger partial charge in [0.15, 0.2) is 0 Å². The summed E-state index contributed by atoms with van der Waals surface area (Å²) in [6.45, 7) is 4.75. The van der Waals surface area contributed by atoms with Crippen molar-refractivity contribution < 1.29 is 4.42 Å². The van der Waals surface area contributed by atoms with E-state index < -0.39 is 0 Å². The van der Waals surface area contributed by atoms with Crippen LogP contribution in [0, 0.1) is 0 Å². The molecular weight excluding hydrogens is 755 g/mol. The summed E-state index contributed by atoms with van der Waals surface area (Å²) in [4.78, 5) is 5.44. The van der Waals surface area contributed by atoms with Gasteiger partial charge in [-0.15, -0.1) is 0 Å². The standard InChI is InChI=1S/C58H39N3O/c1-58(2)48-24-11-9-22-42(48)44-30-31-45-43-23-10-13-26-50(43)60(56(45)55(44)58)41-28-29-46-52(35-41)62-53-34-39(37-18-7-4-8-19-37)33-47(54(46)53)57-59-49-25-12-14-27-51(49)61(57)40-21-15-20-38(32-40)36-16-5-3-6-17-36/h3-35H,1-2H3. The highest BCUT2D eigenvalue weighted by Gasteiger charge is 2.38. The largest absolute Gasteiger partial charge is 0.456 e. The van der Waals surface area contributed by atoms with E-state index in [4.69, 9.17) is 9.40 Å². The molecule has 0 unspecified atom stereocenters. The van der Waals surface area contributed by atoms with Gasteiger partial charge in [0.2, 0.25) is 0 Å². The van der Waals surface area contributed by atoms with Gasteiger partial charge in [0.05, 0.1) is 22.1 Å². The van der Waals surface area contributed by atoms with Crippen molar-refractivity contribution in [2.24, 2.45) is 0 Å². The molecule has 4 nitrogen and oxygen atoms in total. The highest BCUT2D eigenvalue weighted by Crippen LogP contribution is 2.53. The van der Waals surface area contributed by atoms with Gasteiger partial charge in [-0.3, -0.25) is 4.57 Å². The first-order valence-corrected chi connectivity index (χ1v) is 21.4. The average Bonchev–Trinajstić information content (AvgIpc) is 4.06. The zero-order chi connectivity index (χ0) is 41.1. The van der Waals surface area contributed by atoms with Crippen molar-refractivity contribution >= 4 is 54.8 Å². The lowest BCUT2D eigenvalue weighted by atomic mass is 9.81. The van der Waals surface area contributed by atoms with Crippen LogP contribution in [-0.4, -0.2) is 14.1 Å². The molecule has 12 aromatic rings. The molecule has 0 atom stereocenters. The average molecular weight is 794 g/mol. The highest BCUT2D eigenvalue weighted by molar-refractivity contribution is 6.16. The zero-order valence-corrected chi connectivity index (χ0v) is 34.3. The number of hydrogen-bond acceptors (Lipinski definition) is 2. The van der Waals surface area contributed by atoms with E-state index in [0.29, 0.717) is 0 Å². The van der Waals surface area contributed by atoms with E-state index in [1.54, 1.807) is 0 Å². The fraction of sp³-hybridized carbons (Fsp3) is 0.0517.